The van der Waals surface area contributed by atoms with Crippen molar-refractivity contribution in [3.05, 3.63) is 71.3 Å². The minimum Gasteiger partial charge on any atom is -0.276 e. The first kappa shape index (κ1) is 18.3. The number of amides is 1. The Hall–Kier alpha value is -3.06. The van der Waals surface area contributed by atoms with Gasteiger partial charge in [0.25, 0.3) is 5.91 Å². The molecule has 0 radical (unpaired) electrons. The van der Waals surface area contributed by atoms with E-state index in [1.807, 2.05) is 31.3 Å². The average Bonchev–Trinajstić information content (AvgIpc) is 3.36. The molecule has 0 aliphatic rings. The second kappa shape index (κ2) is 7.52. The second-order valence-corrected chi connectivity index (χ2v) is 7.63. The molecule has 0 saturated carbocycles. The number of hydrogen-bond acceptors (Lipinski definition) is 5. The van der Waals surface area contributed by atoms with Crippen molar-refractivity contribution in [1.82, 2.24) is 19.7 Å². The van der Waals surface area contributed by atoms with Crippen LogP contribution in [0.1, 0.15) is 34.2 Å². The number of fused-ring (bicyclic) bond motifs is 1. The highest BCUT2D eigenvalue weighted by atomic mass is 32.1. The molecule has 0 unspecified atom stereocenters. The number of carbonyl (C=O) groups excluding carboxylic acids is 1. The van der Waals surface area contributed by atoms with Crippen molar-refractivity contribution in [2.45, 2.75) is 33.9 Å². The second-order valence-electron chi connectivity index (χ2n) is 6.62. The molecule has 7 heteroatoms. The van der Waals surface area contributed by atoms with E-state index in [1.165, 1.54) is 16.9 Å². The Kier molecular flexibility index (Phi) is 4.92. The lowest BCUT2D eigenvalue weighted by atomic mass is 10.1. The van der Waals surface area contributed by atoms with Gasteiger partial charge in [-0.05, 0) is 56.2 Å². The third-order valence-corrected chi connectivity index (χ3v) is 5.82. The molecule has 3 heterocycles. The third-order valence-electron chi connectivity index (χ3n) is 4.78. The molecule has 3 aromatic heterocycles. The lowest BCUT2D eigenvalue weighted by Crippen LogP contribution is -2.31. The van der Waals surface area contributed by atoms with Crippen molar-refractivity contribution < 1.29 is 4.79 Å². The number of hydrogen-bond donors (Lipinski definition) is 0. The molecule has 0 bridgehead atoms. The van der Waals surface area contributed by atoms with E-state index >= 15 is 0 Å². The molecule has 4 rings (SSSR count). The van der Waals surface area contributed by atoms with Crippen LogP contribution in [0.4, 0.5) is 5.13 Å². The summed E-state index contributed by atoms with van der Waals surface area (Å²) in [4.78, 5) is 24.2. The summed E-state index contributed by atoms with van der Waals surface area (Å²) in [5.74, 6) is -0.175. The van der Waals surface area contributed by atoms with Gasteiger partial charge in [-0.1, -0.05) is 23.5 Å². The molecule has 1 aromatic carbocycles. The van der Waals surface area contributed by atoms with Crippen LogP contribution in [0, 0.1) is 13.8 Å². The number of aromatic nitrogens is 4. The van der Waals surface area contributed by atoms with Crippen molar-refractivity contribution in [3.8, 4) is 0 Å². The maximum absolute atomic E-state index is 13.3. The van der Waals surface area contributed by atoms with E-state index in [4.69, 9.17) is 4.98 Å². The number of aryl methyl sites for hydroxylation is 3. The van der Waals surface area contributed by atoms with Crippen LogP contribution in [-0.4, -0.2) is 25.7 Å². The van der Waals surface area contributed by atoms with Crippen LogP contribution in [0.5, 0.6) is 0 Å². The number of benzene rings is 1. The Morgan fingerprint density at radius 3 is 2.75 bits per heavy atom. The van der Waals surface area contributed by atoms with Crippen molar-refractivity contribution in [3.63, 3.8) is 0 Å². The van der Waals surface area contributed by atoms with E-state index in [1.54, 1.807) is 21.8 Å². The first-order valence-electron chi connectivity index (χ1n) is 9.18. The Bertz CT molecular complexity index is 1130. The molecule has 0 N–H and O–H groups in total. The zero-order valence-electron chi connectivity index (χ0n) is 16.1. The Morgan fingerprint density at radius 2 is 2.04 bits per heavy atom. The van der Waals surface area contributed by atoms with E-state index in [0.29, 0.717) is 23.9 Å². The monoisotopic (exact) mass is 391 g/mol. The lowest BCUT2D eigenvalue weighted by molar-refractivity contribution is 0.0979. The van der Waals surface area contributed by atoms with E-state index < -0.39 is 0 Å². The molecular formula is C21H21N5OS. The number of rotatable bonds is 5. The molecule has 4 aromatic rings. The number of nitrogens with zero attached hydrogens (tertiary/aromatic N) is 5. The molecule has 28 heavy (non-hydrogen) atoms. The van der Waals surface area contributed by atoms with Gasteiger partial charge in [0.05, 0.1) is 22.5 Å². The van der Waals surface area contributed by atoms with Gasteiger partial charge in [-0.15, -0.1) is 0 Å². The molecule has 0 aliphatic carbocycles. The topological polar surface area (TPSA) is 63.9 Å². The van der Waals surface area contributed by atoms with E-state index in [9.17, 15) is 4.79 Å². The quantitative estimate of drug-likeness (QED) is 0.507. The summed E-state index contributed by atoms with van der Waals surface area (Å²) in [7, 11) is 0. The summed E-state index contributed by atoms with van der Waals surface area (Å²) >= 11 is 1.51. The normalized spacial score (nSPS) is 11.1. The number of thiazole rings is 1. The highest BCUT2D eigenvalue weighted by Gasteiger charge is 2.24. The highest BCUT2D eigenvalue weighted by molar-refractivity contribution is 7.22. The summed E-state index contributed by atoms with van der Waals surface area (Å²) in [5, 5.41) is 5.04. The van der Waals surface area contributed by atoms with Gasteiger partial charge in [0.1, 0.15) is 0 Å². The number of carbonyl (C=O) groups is 1. The van der Waals surface area contributed by atoms with Gasteiger partial charge in [-0.25, -0.2) is 4.98 Å². The summed E-state index contributed by atoms with van der Waals surface area (Å²) in [6, 6.07) is 11.6. The fraction of sp³-hybridized carbons (Fsp3) is 0.238. The first-order chi connectivity index (χ1) is 13.6. The van der Waals surface area contributed by atoms with Crippen LogP contribution >= 0.6 is 11.3 Å². The Balaban J connectivity index is 1.78. The molecule has 0 fully saturated rings. The van der Waals surface area contributed by atoms with Crippen LogP contribution in [-0.2, 0) is 13.1 Å². The summed E-state index contributed by atoms with van der Waals surface area (Å²) in [6.45, 7) is 7.19. The summed E-state index contributed by atoms with van der Waals surface area (Å²) < 4.78 is 2.81. The van der Waals surface area contributed by atoms with Crippen molar-refractivity contribution >= 4 is 32.6 Å². The molecule has 0 spiro atoms. The smallest absolute Gasteiger partial charge is 0.276 e. The molecule has 6 nitrogen and oxygen atoms in total. The van der Waals surface area contributed by atoms with Crippen LogP contribution in [0.3, 0.4) is 0 Å². The Labute approximate surface area is 167 Å². The van der Waals surface area contributed by atoms with Gasteiger partial charge < -0.3 is 0 Å². The maximum atomic E-state index is 13.3. The van der Waals surface area contributed by atoms with Crippen molar-refractivity contribution in [2.24, 2.45) is 0 Å². The average molecular weight is 392 g/mol. The van der Waals surface area contributed by atoms with Gasteiger partial charge in [0, 0.05) is 18.9 Å². The van der Waals surface area contributed by atoms with E-state index in [-0.39, 0.29) is 5.91 Å². The van der Waals surface area contributed by atoms with Gasteiger partial charge >= 0.3 is 0 Å². The third kappa shape index (κ3) is 3.41. The molecule has 0 atom stereocenters. The van der Waals surface area contributed by atoms with Crippen LogP contribution in [0.15, 0.2) is 48.8 Å². The zero-order chi connectivity index (χ0) is 19.7. The van der Waals surface area contributed by atoms with Gasteiger partial charge in [0.15, 0.2) is 10.8 Å². The predicted octanol–water partition coefficient (Wildman–Crippen LogP) is 4.37. The molecule has 142 valence electrons. The standard InChI is InChI=1S/C21H21N5OS/c1-4-25-12-10-17(24-25)20(27)26(13-16-7-5-6-11-22-16)21-23-19-15(3)14(2)8-9-18(19)28-21/h5-12H,4,13H2,1-3H3. The fourth-order valence-electron chi connectivity index (χ4n) is 3.00. The number of pyridine rings is 1. The van der Waals surface area contributed by atoms with Gasteiger partial charge in [0.2, 0.25) is 0 Å². The zero-order valence-corrected chi connectivity index (χ0v) is 16.9. The van der Waals surface area contributed by atoms with Crippen molar-refractivity contribution in [1.29, 1.82) is 0 Å². The lowest BCUT2D eigenvalue weighted by Gasteiger charge is -2.18. The Morgan fingerprint density at radius 1 is 1.18 bits per heavy atom. The SMILES string of the molecule is CCn1ccc(C(=O)N(Cc2ccccn2)c2nc3c(C)c(C)ccc3s2)n1. The molecule has 0 saturated heterocycles. The van der Waals surface area contributed by atoms with E-state index in [2.05, 4.69) is 36.1 Å². The highest BCUT2D eigenvalue weighted by Crippen LogP contribution is 2.33. The molecular weight excluding hydrogens is 370 g/mol. The molecule has 1 amide bonds. The van der Waals surface area contributed by atoms with E-state index in [0.717, 1.165) is 21.5 Å². The molecule has 0 aliphatic heterocycles. The maximum Gasteiger partial charge on any atom is 0.280 e. The van der Waals surface area contributed by atoms with Crippen LogP contribution < -0.4 is 4.90 Å². The first-order valence-corrected chi connectivity index (χ1v) is 10.0. The minimum absolute atomic E-state index is 0.175. The minimum atomic E-state index is -0.175. The van der Waals surface area contributed by atoms with Gasteiger partial charge in [-0.3, -0.25) is 19.4 Å². The fourth-order valence-corrected chi connectivity index (χ4v) is 4.02. The number of anilines is 1. The largest absolute Gasteiger partial charge is 0.280 e. The summed E-state index contributed by atoms with van der Waals surface area (Å²) in [5.41, 5.74) is 4.48. The van der Waals surface area contributed by atoms with Crippen LogP contribution in [0.25, 0.3) is 10.2 Å². The van der Waals surface area contributed by atoms with Crippen LogP contribution in [0.2, 0.25) is 0 Å². The van der Waals surface area contributed by atoms with Gasteiger partial charge in [-0.2, -0.15) is 5.10 Å². The predicted molar refractivity (Wildman–Crippen MR) is 112 cm³/mol. The summed E-state index contributed by atoms with van der Waals surface area (Å²) in [6.07, 6.45) is 3.55. The van der Waals surface area contributed by atoms with Crippen molar-refractivity contribution in [2.75, 3.05) is 4.90 Å².